The van der Waals surface area contributed by atoms with Crippen LogP contribution in [0, 0.1) is 0 Å². The predicted molar refractivity (Wildman–Crippen MR) is 102 cm³/mol. The molecule has 2 aromatic carbocycles. The monoisotopic (exact) mass is 378 g/mol. The van der Waals surface area contributed by atoms with E-state index in [4.69, 9.17) is 0 Å². The number of carbonyl (C=O) groups is 3. The topological polar surface area (TPSA) is 104 Å². The summed E-state index contributed by atoms with van der Waals surface area (Å²) in [5.74, 6) is -1.04. The summed E-state index contributed by atoms with van der Waals surface area (Å²) in [5.41, 5.74) is 2.01. The molecular weight excluding hydrogens is 360 g/mol. The van der Waals surface area contributed by atoms with E-state index in [9.17, 15) is 19.2 Å². The maximum Gasteiger partial charge on any atom is 0.326 e. The molecule has 1 aromatic heterocycles. The second-order valence-electron chi connectivity index (χ2n) is 6.51. The van der Waals surface area contributed by atoms with Crippen molar-refractivity contribution in [3.05, 3.63) is 70.1 Å². The number of hydrogen-bond acceptors (Lipinski definition) is 4. The Balaban J connectivity index is 1.31. The zero-order valence-corrected chi connectivity index (χ0v) is 15.0. The van der Waals surface area contributed by atoms with Gasteiger partial charge in [-0.05, 0) is 24.3 Å². The van der Waals surface area contributed by atoms with Crippen molar-refractivity contribution in [3.8, 4) is 0 Å². The fraction of sp³-hybridized carbons (Fsp3) is 0.200. The number of hydrogen-bond donors (Lipinski definition) is 2. The average molecular weight is 378 g/mol. The van der Waals surface area contributed by atoms with E-state index in [2.05, 4.69) is 10.3 Å². The summed E-state index contributed by atoms with van der Waals surface area (Å²) < 4.78 is 1.56. The Morgan fingerprint density at radius 2 is 1.54 bits per heavy atom. The van der Waals surface area contributed by atoms with Crippen LogP contribution in [0.5, 0.6) is 0 Å². The van der Waals surface area contributed by atoms with Crippen molar-refractivity contribution in [1.29, 1.82) is 0 Å². The zero-order valence-electron chi connectivity index (χ0n) is 15.0. The van der Waals surface area contributed by atoms with Gasteiger partial charge in [0.1, 0.15) is 0 Å². The molecule has 0 spiro atoms. The molecular formula is C20H18N4O4. The Morgan fingerprint density at radius 3 is 2.25 bits per heavy atom. The van der Waals surface area contributed by atoms with Gasteiger partial charge in [-0.2, -0.15) is 0 Å². The van der Waals surface area contributed by atoms with Crippen molar-refractivity contribution in [2.75, 3.05) is 13.1 Å². The molecule has 2 N–H and O–H groups in total. The van der Waals surface area contributed by atoms with Crippen molar-refractivity contribution in [1.82, 2.24) is 19.8 Å². The third-order valence-electron chi connectivity index (χ3n) is 4.78. The summed E-state index contributed by atoms with van der Waals surface area (Å²) in [6.45, 7) is 0.607. The van der Waals surface area contributed by atoms with E-state index in [1.807, 2.05) is 24.3 Å². The maximum atomic E-state index is 12.3. The van der Waals surface area contributed by atoms with Crippen molar-refractivity contribution in [2.24, 2.45) is 0 Å². The zero-order chi connectivity index (χ0) is 19.7. The van der Waals surface area contributed by atoms with E-state index in [-0.39, 0.29) is 42.9 Å². The highest BCUT2D eigenvalue weighted by Gasteiger charge is 2.34. The van der Waals surface area contributed by atoms with Gasteiger partial charge in [0, 0.05) is 26.1 Å². The van der Waals surface area contributed by atoms with E-state index < -0.39 is 0 Å². The largest absolute Gasteiger partial charge is 0.354 e. The summed E-state index contributed by atoms with van der Waals surface area (Å²) in [6.07, 6.45) is 0.00819. The number of amides is 3. The summed E-state index contributed by atoms with van der Waals surface area (Å²) in [7, 11) is 0. The third kappa shape index (κ3) is 3.09. The predicted octanol–water partition coefficient (Wildman–Crippen LogP) is 1.13. The van der Waals surface area contributed by atoms with Gasteiger partial charge in [-0.25, -0.2) is 4.79 Å². The van der Waals surface area contributed by atoms with Crippen LogP contribution in [0.3, 0.4) is 0 Å². The van der Waals surface area contributed by atoms with Gasteiger partial charge in [-0.1, -0.05) is 24.3 Å². The standard InChI is InChI=1S/C20H18N4O4/c25-17(9-11-24-18(26)13-5-1-2-6-14(13)19(24)27)21-10-12-23-16-8-4-3-7-15(16)22-20(23)28/h1-8H,9-12H2,(H,21,25)(H,22,28). The lowest BCUT2D eigenvalue weighted by molar-refractivity contribution is -0.121. The first-order valence-corrected chi connectivity index (χ1v) is 8.96. The number of fused-ring (bicyclic) bond motifs is 2. The number of para-hydroxylation sites is 2. The molecule has 0 atom stereocenters. The number of imide groups is 1. The molecule has 0 fully saturated rings. The molecule has 2 heterocycles. The minimum absolute atomic E-state index is 0.00819. The van der Waals surface area contributed by atoms with Gasteiger partial charge < -0.3 is 10.3 Å². The number of carbonyl (C=O) groups excluding carboxylic acids is 3. The molecule has 8 heteroatoms. The number of aromatic amines is 1. The maximum absolute atomic E-state index is 12.3. The van der Waals surface area contributed by atoms with Crippen LogP contribution >= 0.6 is 0 Å². The Hall–Kier alpha value is -3.68. The molecule has 142 valence electrons. The first kappa shape index (κ1) is 17.7. The first-order valence-electron chi connectivity index (χ1n) is 8.96. The second-order valence-corrected chi connectivity index (χ2v) is 6.51. The van der Waals surface area contributed by atoms with Crippen LogP contribution in [0.25, 0.3) is 11.0 Å². The molecule has 1 aliphatic heterocycles. The Morgan fingerprint density at radius 1 is 0.893 bits per heavy atom. The van der Waals surface area contributed by atoms with Gasteiger partial charge in [0.15, 0.2) is 0 Å². The van der Waals surface area contributed by atoms with Crippen LogP contribution in [0.2, 0.25) is 0 Å². The summed E-state index contributed by atoms with van der Waals surface area (Å²) >= 11 is 0. The minimum Gasteiger partial charge on any atom is -0.354 e. The highest BCUT2D eigenvalue weighted by molar-refractivity contribution is 6.21. The van der Waals surface area contributed by atoms with Crippen LogP contribution in [0.4, 0.5) is 0 Å². The van der Waals surface area contributed by atoms with Gasteiger partial charge in [0.05, 0.1) is 22.2 Å². The van der Waals surface area contributed by atoms with Crippen LogP contribution in [0.15, 0.2) is 53.3 Å². The lowest BCUT2D eigenvalue weighted by Gasteiger charge is -2.13. The molecule has 4 rings (SSSR count). The number of nitrogens with one attached hydrogen (secondary N) is 2. The number of nitrogens with zero attached hydrogens (tertiary/aromatic N) is 2. The third-order valence-corrected chi connectivity index (χ3v) is 4.78. The van der Waals surface area contributed by atoms with Gasteiger partial charge >= 0.3 is 5.69 Å². The number of rotatable bonds is 6. The molecule has 8 nitrogen and oxygen atoms in total. The molecule has 0 unspecified atom stereocenters. The van der Waals surface area contributed by atoms with Crippen LogP contribution < -0.4 is 11.0 Å². The van der Waals surface area contributed by atoms with E-state index in [1.54, 1.807) is 28.8 Å². The van der Waals surface area contributed by atoms with Crippen LogP contribution in [-0.2, 0) is 11.3 Å². The summed E-state index contributed by atoms with van der Waals surface area (Å²) in [6, 6.07) is 13.9. The van der Waals surface area contributed by atoms with Gasteiger partial charge in [-0.3, -0.25) is 23.9 Å². The minimum atomic E-state index is -0.376. The molecule has 0 aliphatic carbocycles. The van der Waals surface area contributed by atoms with Crippen molar-refractivity contribution >= 4 is 28.8 Å². The average Bonchev–Trinajstić information content (AvgIpc) is 3.15. The summed E-state index contributed by atoms with van der Waals surface area (Å²) in [5, 5.41) is 2.73. The van der Waals surface area contributed by atoms with Crippen molar-refractivity contribution < 1.29 is 14.4 Å². The molecule has 28 heavy (non-hydrogen) atoms. The van der Waals surface area contributed by atoms with E-state index in [0.29, 0.717) is 17.7 Å². The number of imidazole rings is 1. The van der Waals surface area contributed by atoms with Crippen LogP contribution in [-0.4, -0.2) is 45.3 Å². The lowest BCUT2D eigenvalue weighted by Crippen LogP contribution is -2.35. The fourth-order valence-corrected chi connectivity index (χ4v) is 3.38. The number of H-pyrrole nitrogens is 1. The first-order chi connectivity index (χ1) is 13.6. The van der Waals surface area contributed by atoms with Crippen LogP contribution in [0.1, 0.15) is 27.1 Å². The molecule has 0 bridgehead atoms. The smallest absolute Gasteiger partial charge is 0.326 e. The molecule has 0 radical (unpaired) electrons. The highest BCUT2D eigenvalue weighted by atomic mass is 16.2. The number of aromatic nitrogens is 2. The van der Waals surface area contributed by atoms with E-state index in [1.165, 1.54) is 0 Å². The van der Waals surface area contributed by atoms with Gasteiger partial charge in [0.2, 0.25) is 5.91 Å². The van der Waals surface area contributed by atoms with E-state index >= 15 is 0 Å². The molecule has 0 saturated heterocycles. The Kier molecular flexibility index (Phi) is 4.52. The Labute approximate surface area is 159 Å². The SMILES string of the molecule is O=C(CCN1C(=O)c2ccccc2C1=O)NCCn1c(=O)[nH]c2ccccc21. The highest BCUT2D eigenvalue weighted by Crippen LogP contribution is 2.22. The molecule has 3 aromatic rings. The van der Waals surface area contributed by atoms with Crippen molar-refractivity contribution in [2.45, 2.75) is 13.0 Å². The molecule has 0 saturated carbocycles. The molecule has 1 aliphatic rings. The van der Waals surface area contributed by atoms with Crippen molar-refractivity contribution in [3.63, 3.8) is 0 Å². The normalized spacial score (nSPS) is 13.2. The Bertz CT molecular complexity index is 1110. The summed E-state index contributed by atoms with van der Waals surface area (Å²) in [4.78, 5) is 52.5. The molecule has 3 amide bonds. The van der Waals surface area contributed by atoms with Gasteiger partial charge in [-0.15, -0.1) is 0 Å². The fourth-order valence-electron chi connectivity index (χ4n) is 3.38. The number of benzene rings is 2. The van der Waals surface area contributed by atoms with E-state index in [0.717, 1.165) is 15.9 Å². The lowest BCUT2D eigenvalue weighted by atomic mass is 10.1. The quantitative estimate of drug-likeness (QED) is 0.628. The second kappa shape index (κ2) is 7.15. The van der Waals surface area contributed by atoms with Gasteiger partial charge in [0.25, 0.3) is 11.8 Å².